The maximum atomic E-state index is 12.1. The summed E-state index contributed by atoms with van der Waals surface area (Å²) in [7, 11) is 0. The van der Waals surface area contributed by atoms with Gasteiger partial charge in [0.2, 0.25) is 0 Å². The molecule has 0 saturated heterocycles. The Balaban J connectivity index is 1.54. The molecule has 0 radical (unpaired) electrons. The van der Waals surface area contributed by atoms with Gasteiger partial charge in [-0.2, -0.15) is 0 Å². The normalized spacial score (nSPS) is 18.1. The van der Waals surface area contributed by atoms with Crippen molar-refractivity contribution in [3.63, 3.8) is 0 Å². The van der Waals surface area contributed by atoms with Crippen molar-refractivity contribution >= 4 is 6.03 Å². The zero-order valence-corrected chi connectivity index (χ0v) is 13.2. The van der Waals surface area contributed by atoms with E-state index in [1.807, 2.05) is 37.3 Å². The Morgan fingerprint density at radius 2 is 2.22 bits per heavy atom. The Bertz CT molecular complexity index is 680. The number of aliphatic hydroxyl groups is 1. The number of rotatable bonds is 4. The number of aliphatic hydroxyl groups excluding tert-OH is 1. The van der Waals surface area contributed by atoms with E-state index in [0.717, 1.165) is 41.7 Å². The fraction of sp³-hybridized carbons (Fsp3) is 0.389. The third-order valence-corrected chi connectivity index (χ3v) is 4.36. The molecule has 1 aliphatic carbocycles. The lowest BCUT2D eigenvalue weighted by Crippen LogP contribution is -2.40. The zero-order chi connectivity index (χ0) is 16.2. The second kappa shape index (κ2) is 6.87. The molecule has 1 aliphatic rings. The molecule has 0 aliphatic heterocycles. The number of aryl methyl sites for hydroxylation is 2. The van der Waals surface area contributed by atoms with E-state index in [4.69, 9.17) is 4.42 Å². The van der Waals surface area contributed by atoms with Crippen LogP contribution in [0.25, 0.3) is 0 Å². The van der Waals surface area contributed by atoms with Crippen molar-refractivity contribution in [3.05, 3.63) is 59.0 Å². The van der Waals surface area contributed by atoms with Crippen LogP contribution in [-0.4, -0.2) is 17.7 Å². The second-order valence-corrected chi connectivity index (χ2v) is 5.97. The lowest BCUT2D eigenvalue weighted by molar-refractivity contribution is 0.171. The number of benzene rings is 1. The van der Waals surface area contributed by atoms with Crippen LogP contribution in [0, 0.1) is 6.92 Å². The molecule has 3 N–H and O–H groups in total. The first-order chi connectivity index (χ1) is 11.1. The van der Waals surface area contributed by atoms with Crippen LogP contribution in [0.15, 0.2) is 41.0 Å². The molecule has 5 heteroatoms. The smallest absolute Gasteiger partial charge is 0.315 e. The number of hydrogen-bond acceptors (Lipinski definition) is 3. The number of carbonyl (C=O) groups excluding carboxylic acids is 1. The third kappa shape index (κ3) is 3.56. The lowest BCUT2D eigenvalue weighted by Gasteiger charge is -2.23. The minimum Gasteiger partial charge on any atom is -0.469 e. The molecule has 23 heavy (non-hydrogen) atoms. The van der Waals surface area contributed by atoms with Crippen LogP contribution in [0.5, 0.6) is 0 Å². The molecule has 5 nitrogen and oxygen atoms in total. The van der Waals surface area contributed by atoms with Crippen molar-refractivity contribution in [2.24, 2.45) is 0 Å². The highest BCUT2D eigenvalue weighted by Gasteiger charge is 2.24. The minimum atomic E-state index is -0.710. The predicted octanol–water partition coefficient (Wildman–Crippen LogP) is 3.00. The van der Waals surface area contributed by atoms with Crippen LogP contribution in [0.3, 0.4) is 0 Å². The highest BCUT2D eigenvalue weighted by Crippen LogP contribution is 2.30. The van der Waals surface area contributed by atoms with Crippen LogP contribution in [0.4, 0.5) is 4.79 Å². The minimum absolute atomic E-state index is 0.0203. The van der Waals surface area contributed by atoms with Crippen molar-refractivity contribution in [2.45, 2.75) is 38.3 Å². The highest BCUT2D eigenvalue weighted by atomic mass is 16.3. The molecule has 3 rings (SSSR count). The Morgan fingerprint density at radius 1 is 1.39 bits per heavy atom. The summed E-state index contributed by atoms with van der Waals surface area (Å²) in [5.41, 5.74) is 2.91. The summed E-state index contributed by atoms with van der Waals surface area (Å²) in [5, 5.41) is 15.9. The average Bonchev–Trinajstić information content (AvgIpc) is 3.03. The van der Waals surface area contributed by atoms with Gasteiger partial charge in [-0.05, 0) is 37.0 Å². The van der Waals surface area contributed by atoms with E-state index in [9.17, 15) is 9.90 Å². The molecule has 122 valence electrons. The maximum Gasteiger partial charge on any atom is 0.315 e. The summed E-state index contributed by atoms with van der Waals surface area (Å²) in [5.74, 6) is 0.960. The number of fused-ring (bicyclic) bond motifs is 1. The molecule has 1 aromatic heterocycles. The molecule has 2 atom stereocenters. The molecule has 0 saturated carbocycles. The second-order valence-electron chi connectivity index (χ2n) is 5.97. The fourth-order valence-electron chi connectivity index (χ4n) is 3.11. The van der Waals surface area contributed by atoms with Gasteiger partial charge < -0.3 is 20.2 Å². The number of hydrogen-bond donors (Lipinski definition) is 3. The summed E-state index contributed by atoms with van der Waals surface area (Å²) in [6, 6.07) is 9.26. The number of nitrogens with one attached hydrogen (secondary N) is 2. The molecule has 1 heterocycles. The van der Waals surface area contributed by atoms with E-state index in [-0.39, 0.29) is 18.6 Å². The van der Waals surface area contributed by atoms with E-state index in [0.29, 0.717) is 0 Å². The summed E-state index contributed by atoms with van der Waals surface area (Å²) in [4.78, 5) is 12.1. The van der Waals surface area contributed by atoms with Crippen molar-refractivity contribution in [1.82, 2.24) is 10.6 Å². The molecular formula is C18H22N2O3. The van der Waals surface area contributed by atoms with E-state index in [1.165, 1.54) is 0 Å². The predicted molar refractivity (Wildman–Crippen MR) is 87.1 cm³/mol. The van der Waals surface area contributed by atoms with Crippen molar-refractivity contribution in [3.8, 4) is 0 Å². The maximum absolute atomic E-state index is 12.1. The topological polar surface area (TPSA) is 74.5 Å². The van der Waals surface area contributed by atoms with Gasteiger partial charge in [0.25, 0.3) is 0 Å². The molecule has 0 spiro atoms. The number of furan rings is 1. The zero-order valence-electron chi connectivity index (χ0n) is 13.2. The van der Waals surface area contributed by atoms with Crippen LogP contribution < -0.4 is 10.6 Å². The van der Waals surface area contributed by atoms with E-state index in [2.05, 4.69) is 10.6 Å². The first-order valence-corrected chi connectivity index (χ1v) is 7.99. The SMILES string of the molecule is Cc1ccccc1[C@@H](O)CNC(=O)N[C@H]1CCCc2occc21. The van der Waals surface area contributed by atoms with Crippen LogP contribution in [0.1, 0.15) is 47.4 Å². The summed E-state index contributed by atoms with van der Waals surface area (Å²) < 4.78 is 5.43. The third-order valence-electron chi connectivity index (χ3n) is 4.36. The summed E-state index contributed by atoms with van der Waals surface area (Å²) in [6.45, 7) is 2.13. The largest absolute Gasteiger partial charge is 0.469 e. The van der Waals surface area contributed by atoms with Crippen LogP contribution in [0.2, 0.25) is 0 Å². The van der Waals surface area contributed by atoms with Gasteiger partial charge >= 0.3 is 6.03 Å². The van der Waals surface area contributed by atoms with Gasteiger partial charge in [-0.15, -0.1) is 0 Å². The molecule has 0 fully saturated rings. The van der Waals surface area contributed by atoms with Crippen LogP contribution >= 0.6 is 0 Å². The van der Waals surface area contributed by atoms with Crippen LogP contribution in [-0.2, 0) is 6.42 Å². The molecule has 0 bridgehead atoms. The first-order valence-electron chi connectivity index (χ1n) is 7.99. The summed E-state index contributed by atoms with van der Waals surface area (Å²) >= 11 is 0. The van der Waals surface area contributed by atoms with Gasteiger partial charge in [0, 0.05) is 18.5 Å². The Hall–Kier alpha value is -2.27. The molecule has 1 aromatic carbocycles. The summed E-state index contributed by atoms with van der Waals surface area (Å²) in [6.07, 6.45) is 3.79. The van der Waals surface area contributed by atoms with Gasteiger partial charge in [-0.3, -0.25) is 0 Å². The van der Waals surface area contributed by atoms with Crippen molar-refractivity contribution in [1.29, 1.82) is 0 Å². The fourth-order valence-corrected chi connectivity index (χ4v) is 3.11. The average molecular weight is 314 g/mol. The molecular weight excluding hydrogens is 292 g/mol. The van der Waals surface area contributed by atoms with Crippen molar-refractivity contribution in [2.75, 3.05) is 6.54 Å². The van der Waals surface area contributed by atoms with E-state index in [1.54, 1.807) is 6.26 Å². The van der Waals surface area contributed by atoms with Gasteiger partial charge in [0.1, 0.15) is 5.76 Å². The van der Waals surface area contributed by atoms with Gasteiger partial charge in [0.15, 0.2) is 0 Å². The lowest BCUT2D eigenvalue weighted by atomic mass is 9.93. The highest BCUT2D eigenvalue weighted by molar-refractivity contribution is 5.74. The van der Waals surface area contributed by atoms with Gasteiger partial charge in [0.05, 0.1) is 18.4 Å². The molecule has 0 unspecified atom stereocenters. The number of amides is 2. The quantitative estimate of drug-likeness (QED) is 0.812. The van der Waals surface area contributed by atoms with E-state index >= 15 is 0 Å². The standard InChI is InChI=1S/C18H22N2O3/c1-12-5-2-3-6-13(12)16(21)11-19-18(22)20-15-7-4-8-17-14(15)9-10-23-17/h2-3,5-6,9-10,15-16,21H,4,7-8,11H2,1H3,(H2,19,20,22)/t15-,16-/m0/s1. The molecule has 2 aromatic rings. The van der Waals surface area contributed by atoms with Crippen molar-refractivity contribution < 1.29 is 14.3 Å². The first kappa shape index (κ1) is 15.6. The Kier molecular flexibility index (Phi) is 4.67. The van der Waals surface area contributed by atoms with Gasteiger partial charge in [-0.1, -0.05) is 24.3 Å². The Morgan fingerprint density at radius 3 is 3.04 bits per heavy atom. The molecule has 2 amide bonds. The number of carbonyl (C=O) groups is 1. The number of urea groups is 1. The Labute approximate surface area is 135 Å². The van der Waals surface area contributed by atoms with Gasteiger partial charge in [-0.25, -0.2) is 4.79 Å². The van der Waals surface area contributed by atoms with E-state index < -0.39 is 6.10 Å². The monoisotopic (exact) mass is 314 g/mol.